The summed E-state index contributed by atoms with van der Waals surface area (Å²) in [6.45, 7) is 2.50. The molecule has 0 bridgehead atoms. The number of aromatic nitrogens is 2. The molecule has 3 rings (SSSR count). The lowest BCUT2D eigenvalue weighted by Gasteiger charge is -2.10. The largest absolute Gasteiger partial charge is 0.493 e. The molecule has 0 fully saturated rings. The Bertz CT molecular complexity index is 1040. The minimum atomic E-state index is -0.0250. The molecule has 0 aliphatic heterocycles. The Morgan fingerprint density at radius 3 is 2.54 bits per heavy atom. The van der Waals surface area contributed by atoms with E-state index in [0.29, 0.717) is 34.8 Å². The lowest BCUT2D eigenvalue weighted by atomic mass is 10.2. The van der Waals surface area contributed by atoms with Crippen LogP contribution in [0.3, 0.4) is 0 Å². The number of rotatable bonds is 5. The molecule has 26 heavy (non-hydrogen) atoms. The van der Waals surface area contributed by atoms with E-state index in [-0.39, 0.29) is 5.56 Å². The van der Waals surface area contributed by atoms with Gasteiger partial charge < -0.3 is 9.47 Å². The van der Waals surface area contributed by atoms with Crippen LogP contribution in [0.2, 0.25) is 0 Å². The van der Waals surface area contributed by atoms with Crippen molar-refractivity contribution in [3.63, 3.8) is 0 Å². The molecule has 0 saturated carbocycles. The highest BCUT2D eigenvalue weighted by Crippen LogP contribution is 2.28. The van der Waals surface area contributed by atoms with Gasteiger partial charge in [0, 0.05) is 10.1 Å². The zero-order chi connectivity index (χ0) is 18.7. The maximum absolute atomic E-state index is 12.8. The van der Waals surface area contributed by atoms with Crippen molar-refractivity contribution in [2.24, 2.45) is 0 Å². The summed E-state index contributed by atoms with van der Waals surface area (Å²) in [5.74, 6) is 1.96. The first-order chi connectivity index (χ1) is 12.6. The van der Waals surface area contributed by atoms with Gasteiger partial charge >= 0.3 is 0 Å². The summed E-state index contributed by atoms with van der Waals surface area (Å²) >= 11 is 2.20. The van der Waals surface area contributed by atoms with E-state index < -0.39 is 0 Å². The van der Waals surface area contributed by atoms with E-state index in [1.165, 1.54) is 0 Å². The van der Waals surface area contributed by atoms with E-state index in [4.69, 9.17) is 9.47 Å². The molecule has 2 aromatic carbocycles. The van der Waals surface area contributed by atoms with Crippen molar-refractivity contribution in [1.82, 2.24) is 9.55 Å². The number of hydrogen-bond acceptors (Lipinski definition) is 4. The third kappa shape index (κ3) is 3.60. The molecule has 0 amide bonds. The molecule has 0 aliphatic rings. The quantitative estimate of drug-likeness (QED) is 0.534. The van der Waals surface area contributed by atoms with Gasteiger partial charge in [-0.3, -0.25) is 9.36 Å². The summed E-state index contributed by atoms with van der Waals surface area (Å²) < 4.78 is 13.3. The van der Waals surface area contributed by atoms with Gasteiger partial charge in [-0.25, -0.2) is 4.98 Å². The Morgan fingerprint density at radius 2 is 1.85 bits per heavy atom. The fourth-order valence-electron chi connectivity index (χ4n) is 2.77. The van der Waals surface area contributed by atoms with Crippen molar-refractivity contribution < 1.29 is 9.47 Å². The van der Waals surface area contributed by atoms with Crippen LogP contribution in [0.25, 0.3) is 23.1 Å². The van der Waals surface area contributed by atoms with Crippen molar-refractivity contribution in [1.29, 1.82) is 0 Å². The van der Waals surface area contributed by atoms with Crippen LogP contribution in [0.1, 0.15) is 18.3 Å². The van der Waals surface area contributed by atoms with Crippen LogP contribution < -0.4 is 15.0 Å². The topological polar surface area (TPSA) is 53.4 Å². The highest BCUT2D eigenvalue weighted by molar-refractivity contribution is 14.1. The smallest absolute Gasteiger partial charge is 0.261 e. The van der Waals surface area contributed by atoms with Gasteiger partial charge in [-0.15, -0.1) is 0 Å². The lowest BCUT2D eigenvalue weighted by Crippen LogP contribution is -2.23. The van der Waals surface area contributed by atoms with Gasteiger partial charge in [0.05, 0.1) is 25.1 Å². The normalized spacial score (nSPS) is 11.2. The molecule has 3 aromatic rings. The van der Waals surface area contributed by atoms with Gasteiger partial charge in [-0.05, 0) is 71.5 Å². The Kier molecular flexibility index (Phi) is 5.61. The van der Waals surface area contributed by atoms with Gasteiger partial charge in [0.25, 0.3) is 5.56 Å². The number of methoxy groups -OCH3 is 2. The summed E-state index contributed by atoms with van der Waals surface area (Å²) in [5, 5.41) is 0.641. The number of ether oxygens (including phenoxy) is 2. The standard InChI is InChI=1S/C20H19IN2O3/c1-4-23-19(22-16-8-7-14(21)12-15(16)20(23)24)10-6-13-5-9-17(25-2)18(11-13)26-3/h5-12H,4H2,1-3H3/b10-6+. The third-order valence-corrected chi connectivity index (χ3v) is 4.77. The molecule has 5 nitrogen and oxygen atoms in total. The number of benzene rings is 2. The Morgan fingerprint density at radius 1 is 1.08 bits per heavy atom. The number of fused-ring (bicyclic) bond motifs is 1. The molecule has 0 N–H and O–H groups in total. The molecule has 134 valence electrons. The van der Waals surface area contributed by atoms with Gasteiger partial charge in [0.15, 0.2) is 11.5 Å². The zero-order valence-corrected chi connectivity index (χ0v) is 17.0. The van der Waals surface area contributed by atoms with E-state index >= 15 is 0 Å². The fraction of sp³-hybridized carbons (Fsp3) is 0.200. The molecule has 0 aliphatic carbocycles. The first-order valence-corrected chi connectivity index (χ1v) is 9.25. The second-order valence-electron chi connectivity index (χ2n) is 5.63. The van der Waals surface area contributed by atoms with E-state index in [1.54, 1.807) is 18.8 Å². The second kappa shape index (κ2) is 7.90. The number of nitrogens with zero attached hydrogens (tertiary/aromatic N) is 2. The molecule has 0 saturated heterocycles. The summed E-state index contributed by atoms with van der Waals surface area (Å²) in [6.07, 6.45) is 3.76. The summed E-state index contributed by atoms with van der Waals surface area (Å²) in [5.41, 5.74) is 1.61. The van der Waals surface area contributed by atoms with Crippen LogP contribution in [0.5, 0.6) is 11.5 Å². The predicted molar refractivity (Wildman–Crippen MR) is 113 cm³/mol. The average Bonchev–Trinajstić information content (AvgIpc) is 2.66. The van der Waals surface area contributed by atoms with Gasteiger partial charge in [-0.1, -0.05) is 12.1 Å². The first kappa shape index (κ1) is 18.4. The molecule has 0 atom stereocenters. The summed E-state index contributed by atoms with van der Waals surface area (Å²) in [7, 11) is 3.21. The van der Waals surface area contributed by atoms with Crippen molar-refractivity contribution in [3.05, 3.63) is 61.7 Å². The van der Waals surface area contributed by atoms with Crippen LogP contribution in [-0.4, -0.2) is 23.8 Å². The van der Waals surface area contributed by atoms with Gasteiger partial charge in [0.2, 0.25) is 0 Å². The Labute approximate surface area is 165 Å². The second-order valence-corrected chi connectivity index (χ2v) is 6.87. The molecule has 0 unspecified atom stereocenters. The molecular formula is C20H19IN2O3. The highest BCUT2D eigenvalue weighted by Gasteiger charge is 2.09. The minimum absolute atomic E-state index is 0.0250. The van der Waals surface area contributed by atoms with Gasteiger partial charge in [0.1, 0.15) is 5.82 Å². The fourth-order valence-corrected chi connectivity index (χ4v) is 3.26. The SMILES string of the molecule is CCn1c(/C=C/c2ccc(OC)c(OC)c2)nc2ccc(I)cc2c1=O. The number of halogens is 1. The van der Waals surface area contributed by atoms with Crippen LogP contribution >= 0.6 is 22.6 Å². The van der Waals surface area contributed by atoms with Crippen molar-refractivity contribution >= 4 is 45.6 Å². The zero-order valence-electron chi connectivity index (χ0n) is 14.8. The predicted octanol–water partition coefficient (Wildman–Crippen LogP) is 4.21. The maximum Gasteiger partial charge on any atom is 0.261 e. The van der Waals surface area contributed by atoms with Crippen LogP contribution in [-0.2, 0) is 6.54 Å². The molecule has 6 heteroatoms. The third-order valence-electron chi connectivity index (χ3n) is 4.09. The van der Waals surface area contributed by atoms with E-state index in [1.807, 2.05) is 55.5 Å². The molecular weight excluding hydrogens is 443 g/mol. The molecule has 0 spiro atoms. The van der Waals surface area contributed by atoms with Crippen molar-refractivity contribution in [2.45, 2.75) is 13.5 Å². The van der Waals surface area contributed by atoms with E-state index in [0.717, 1.165) is 9.13 Å². The number of hydrogen-bond donors (Lipinski definition) is 0. The maximum atomic E-state index is 12.8. The molecule has 1 aromatic heterocycles. The van der Waals surface area contributed by atoms with Crippen LogP contribution in [0.15, 0.2) is 41.2 Å². The van der Waals surface area contributed by atoms with Crippen LogP contribution in [0, 0.1) is 3.57 Å². The summed E-state index contributed by atoms with van der Waals surface area (Å²) in [6, 6.07) is 11.4. The van der Waals surface area contributed by atoms with Gasteiger partial charge in [-0.2, -0.15) is 0 Å². The average molecular weight is 462 g/mol. The van der Waals surface area contributed by atoms with Crippen molar-refractivity contribution in [3.8, 4) is 11.5 Å². The monoisotopic (exact) mass is 462 g/mol. The highest BCUT2D eigenvalue weighted by atomic mass is 127. The lowest BCUT2D eigenvalue weighted by molar-refractivity contribution is 0.355. The van der Waals surface area contributed by atoms with Crippen LogP contribution in [0.4, 0.5) is 0 Å². The molecule has 1 heterocycles. The van der Waals surface area contributed by atoms with E-state index in [2.05, 4.69) is 27.6 Å². The minimum Gasteiger partial charge on any atom is -0.493 e. The Hall–Kier alpha value is -2.35. The van der Waals surface area contributed by atoms with Crippen molar-refractivity contribution in [2.75, 3.05) is 14.2 Å². The molecule has 0 radical (unpaired) electrons. The van der Waals surface area contributed by atoms with E-state index in [9.17, 15) is 4.79 Å². The first-order valence-electron chi connectivity index (χ1n) is 8.17. The Balaban J connectivity index is 2.07. The summed E-state index contributed by atoms with van der Waals surface area (Å²) in [4.78, 5) is 17.4.